The Labute approximate surface area is 272 Å². The number of carbonyl (C=O) groups excluding carboxylic acids is 4. The number of nitrogens with zero attached hydrogens (tertiary/aromatic N) is 1. The monoisotopic (exact) mass is 638 g/mol. The summed E-state index contributed by atoms with van der Waals surface area (Å²) in [5.41, 5.74) is 2.75. The minimum atomic E-state index is -0.577. The van der Waals surface area contributed by atoms with Gasteiger partial charge in [-0.2, -0.15) is 0 Å². The number of likely N-dealkylation sites (N-methyl/N-ethyl adjacent to an activating group) is 1. The van der Waals surface area contributed by atoms with E-state index in [0.29, 0.717) is 12.8 Å². The number of nitrogens with one attached hydrogen (secondary N) is 3. The van der Waals surface area contributed by atoms with Crippen molar-refractivity contribution in [3.8, 4) is 0 Å². The Morgan fingerprint density at radius 2 is 1.28 bits per heavy atom. The molecule has 1 saturated heterocycles. The maximum Gasteiger partial charge on any atom is 0.408 e. The van der Waals surface area contributed by atoms with Gasteiger partial charge in [-0.3, -0.25) is 9.59 Å². The summed E-state index contributed by atoms with van der Waals surface area (Å²) >= 11 is 0. The Balaban J connectivity index is 0.000000217. The van der Waals surface area contributed by atoms with Gasteiger partial charge in [0, 0.05) is 31.6 Å². The highest BCUT2D eigenvalue weighted by atomic mass is 16.6. The molecule has 4 amide bonds. The summed E-state index contributed by atoms with van der Waals surface area (Å²) in [5, 5.41) is 8.14. The van der Waals surface area contributed by atoms with Crippen molar-refractivity contribution in [2.45, 2.75) is 103 Å². The number of hydrogen-bond donors (Lipinski definition) is 3. The fourth-order valence-electron chi connectivity index (χ4n) is 5.02. The number of anilines is 2. The Bertz CT molecular complexity index is 1340. The van der Waals surface area contributed by atoms with Crippen molar-refractivity contribution in [3.05, 3.63) is 59.7 Å². The zero-order valence-corrected chi connectivity index (χ0v) is 28.2. The van der Waals surface area contributed by atoms with Crippen LogP contribution in [-0.2, 0) is 36.6 Å². The number of rotatable bonds is 2. The van der Waals surface area contributed by atoms with Gasteiger partial charge >= 0.3 is 12.2 Å². The second kappa shape index (κ2) is 16.4. The van der Waals surface area contributed by atoms with Crippen LogP contribution in [0.2, 0.25) is 0 Å². The largest absolute Gasteiger partial charge is 0.444 e. The molecule has 0 aromatic heterocycles. The molecule has 0 unspecified atom stereocenters. The lowest BCUT2D eigenvalue weighted by Gasteiger charge is -2.24. The van der Waals surface area contributed by atoms with Crippen molar-refractivity contribution >= 4 is 35.4 Å². The summed E-state index contributed by atoms with van der Waals surface area (Å²) in [5.74, 6) is -0.327. The highest BCUT2D eigenvalue weighted by Crippen LogP contribution is 2.26. The second-order valence-electron chi connectivity index (χ2n) is 13.5. The van der Waals surface area contributed by atoms with E-state index in [1.165, 1.54) is 12.8 Å². The van der Waals surface area contributed by atoms with Crippen molar-refractivity contribution in [3.63, 3.8) is 0 Å². The number of alkyl carbamates (subject to hydrolysis) is 2. The minimum absolute atomic E-state index is 0.120. The first kappa shape index (κ1) is 36.3. The summed E-state index contributed by atoms with van der Waals surface area (Å²) in [6.07, 6.45) is 4.03. The van der Waals surface area contributed by atoms with Crippen molar-refractivity contribution in [2.75, 3.05) is 30.5 Å². The van der Waals surface area contributed by atoms with Crippen LogP contribution in [0.4, 0.5) is 21.0 Å². The summed E-state index contributed by atoms with van der Waals surface area (Å²) in [6, 6.07) is 14.3. The molecule has 46 heavy (non-hydrogen) atoms. The average molecular weight is 639 g/mol. The third kappa shape index (κ3) is 12.0. The number of para-hydroxylation sites is 2. The van der Waals surface area contributed by atoms with Gasteiger partial charge in [0.1, 0.15) is 23.3 Å². The van der Waals surface area contributed by atoms with Crippen molar-refractivity contribution < 1.29 is 33.4 Å². The maximum atomic E-state index is 12.5. The zero-order valence-electron chi connectivity index (χ0n) is 28.2. The third-order valence-electron chi connectivity index (χ3n) is 7.19. The molecule has 0 aliphatic carbocycles. The van der Waals surface area contributed by atoms with E-state index in [2.05, 4.69) is 16.0 Å². The van der Waals surface area contributed by atoms with Gasteiger partial charge in [-0.25, -0.2) is 9.59 Å². The molecule has 11 nitrogen and oxygen atoms in total. The van der Waals surface area contributed by atoms with Crippen LogP contribution >= 0.6 is 0 Å². The SMILES string of the molecule is C1CCOC1.CC(C)(C)OC(=O)N[C@H]1CCc2ccccc2NC1=O.CN1C(=O)[C@@H](NC(=O)OC(C)(C)C)CCc2ccccc21. The molecule has 2 aromatic rings. The van der Waals surface area contributed by atoms with Crippen LogP contribution in [0, 0.1) is 0 Å². The van der Waals surface area contributed by atoms with Gasteiger partial charge in [0.15, 0.2) is 0 Å². The average Bonchev–Trinajstić information content (AvgIpc) is 3.49. The Kier molecular flexibility index (Phi) is 13.0. The van der Waals surface area contributed by atoms with Crippen molar-refractivity contribution in [2.24, 2.45) is 0 Å². The molecule has 0 saturated carbocycles. The molecule has 0 radical (unpaired) electrons. The fraction of sp³-hybridized carbons (Fsp3) is 0.543. The number of amides is 4. The van der Waals surface area contributed by atoms with E-state index in [0.717, 1.165) is 48.6 Å². The predicted molar refractivity (Wildman–Crippen MR) is 178 cm³/mol. The summed E-state index contributed by atoms with van der Waals surface area (Å²) in [6.45, 7) is 12.7. The molecule has 3 N–H and O–H groups in total. The van der Waals surface area contributed by atoms with Gasteiger partial charge in [-0.1, -0.05) is 36.4 Å². The molecule has 5 rings (SSSR count). The highest BCUT2D eigenvalue weighted by Gasteiger charge is 2.31. The number of benzene rings is 2. The topological polar surface area (TPSA) is 135 Å². The quantitative estimate of drug-likeness (QED) is 0.381. The molecule has 3 aliphatic rings. The zero-order chi connectivity index (χ0) is 33.9. The molecule has 1 fully saturated rings. The van der Waals surface area contributed by atoms with Crippen LogP contribution in [-0.4, -0.2) is 67.5 Å². The first-order valence-corrected chi connectivity index (χ1v) is 15.9. The smallest absolute Gasteiger partial charge is 0.408 e. The number of ether oxygens (including phenoxy) is 3. The van der Waals surface area contributed by atoms with Crippen LogP contribution in [0.3, 0.4) is 0 Å². The lowest BCUT2D eigenvalue weighted by Crippen LogP contribution is -2.48. The van der Waals surface area contributed by atoms with E-state index in [9.17, 15) is 19.2 Å². The maximum absolute atomic E-state index is 12.5. The van der Waals surface area contributed by atoms with Gasteiger partial charge in [-0.05, 0) is 103 Å². The normalized spacial score (nSPS) is 19.2. The van der Waals surface area contributed by atoms with E-state index < -0.39 is 35.5 Å². The van der Waals surface area contributed by atoms with Crippen LogP contribution < -0.4 is 20.9 Å². The Hall–Kier alpha value is -4.12. The molecule has 11 heteroatoms. The first-order chi connectivity index (χ1) is 21.6. The van der Waals surface area contributed by atoms with Crippen LogP contribution in [0.25, 0.3) is 0 Å². The van der Waals surface area contributed by atoms with Crippen molar-refractivity contribution in [1.29, 1.82) is 0 Å². The van der Waals surface area contributed by atoms with Crippen LogP contribution in [0.1, 0.15) is 78.4 Å². The van der Waals surface area contributed by atoms with Crippen LogP contribution in [0.15, 0.2) is 48.5 Å². The molecule has 252 valence electrons. The van der Waals surface area contributed by atoms with Gasteiger partial charge < -0.3 is 35.1 Å². The van der Waals surface area contributed by atoms with Crippen molar-refractivity contribution in [1.82, 2.24) is 10.6 Å². The van der Waals surface area contributed by atoms with Gasteiger partial charge in [0.05, 0.1) is 0 Å². The van der Waals surface area contributed by atoms with E-state index >= 15 is 0 Å². The summed E-state index contributed by atoms with van der Waals surface area (Å²) in [7, 11) is 1.73. The van der Waals surface area contributed by atoms with Gasteiger partial charge in [0.2, 0.25) is 11.8 Å². The second-order valence-corrected chi connectivity index (χ2v) is 13.5. The lowest BCUT2D eigenvalue weighted by molar-refractivity contribution is -0.120. The highest BCUT2D eigenvalue weighted by molar-refractivity contribution is 5.99. The molecule has 3 heterocycles. The molecule has 2 atom stereocenters. The number of hydrogen-bond acceptors (Lipinski definition) is 7. The Morgan fingerprint density at radius 3 is 1.85 bits per heavy atom. The van der Waals surface area contributed by atoms with E-state index in [4.69, 9.17) is 14.2 Å². The Morgan fingerprint density at radius 1 is 0.783 bits per heavy atom. The van der Waals surface area contributed by atoms with Crippen LogP contribution in [0.5, 0.6) is 0 Å². The van der Waals surface area contributed by atoms with E-state index in [1.54, 1.807) is 53.5 Å². The summed E-state index contributed by atoms with van der Waals surface area (Å²) < 4.78 is 15.3. The van der Waals surface area contributed by atoms with Gasteiger partial charge in [-0.15, -0.1) is 0 Å². The molecule has 0 bridgehead atoms. The lowest BCUT2D eigenvalue weighted by atomic mass is 10.1. The van der Waals surface area contributed by atoms with E-state index in [1.807, 2.05) is 48.5 Å². The standard InChI is InChI=1S/C16H22N2O3.C15H20N2O3.C4H8O/c1-16(2,3)21-15(20)17-12-10-9-11-7-5-6-8-13(11)18(4)14(12)19;1-15(2,3)20-14(19)17-12-9-8-10-6-4-5-7-11(10)16-13(12)18;1-2-4-5-3-1/h5-8,12H,9-10H2,1-4H3,(H,17,20);4-7,12H,8-9H2,1-3H3,(H,16,18)(H,17,19);1-4H2/t2*12-;/m00./s1. The predicted octanol–water partition coefficient (Wildman–Crippen LogP) is 5.75. The molecule has 0 spiro atoms. The fourth-order valence-corrected chi connectivity index (χ4v) is 5.02. The number of aryl methyl sites for hydroxylation is 2. The molecule has 2 aromatic carbocycles. The molecular formula is C35H50N4O7. The number of fused-ring (bicyclic) bond motifs is 2. The minimum Gasteiger partial charge on any atom is -0.444 e. The third-order valence-corrected chi connectivity index (χ3v) is 7.19. The molecule has 3 aliphatic heterocycles. The number of carbonyl (C=O) groups is 4. The first-order valence-electron chi connectivity index (χ1n) is 15.9. The van der Waals surface area contributed by atoms with E-state index in [-0.39, 0.29) is 11.8 Å². The summed E-state index contributed by atoms with van der Waals surface area (Å²) in [4.78, 5) is 49.8. The van der Waals surface area contributed by atoms with Gasteiger partial charge in [0.25, 0.3) is 0 Å². The molecular weight excluding hydrogens is 588 g/mol.